The number of nitrogens with one attached hydrogen (secondary N) is 1. The number of hydrogen-bond acceptors (Lipinski definition) is 4. The monoisotopic (exact) mass is 315 g/mol. The smallest absolute Gasteiger partial charge is 0.441 e. The number of benzene rings is 1. The summed E-state index contributed by atoms with van der Waals surface area (Å²) < 4.78 is 66.9. The summed E-state index contributed by atoms with van der Waals surface area (Å²) in [5.41, 5.74) is -5.28. The molecule has 0 atom stereocenters. The fraction of sp³-hybridized carbons (Fsp3) is 0.364. The predicted octanol–water partition coefficient (Wildman–Crippen LogP) is 3.42. The first-order valence-corrected chi connectivity index (χ1v) is 6.25. The van der Waals surface area contributed by atoms with Gasteiger partial charge in [0.15, 0.2) is 11.6 Å². The Bertz CT molecular complexity index is 492. The van der Waals surface area contributed by atoms with Gasteiger partial charge in [0.1, 0.15) is 0 Å². The number of anilines is 1. The maximum atomic E-state index is 13.5. The molecule has 1 aromatic rings. The van der Waals surface area contributed by atoms with Crippen molar-refractivity contribution in [2.24, 2.45) is 0 Å². The number of esters is 1. The fourth-order valence-electron chi connectivity index (χ4n) is 1.31. The number of halogens is 5. The number of alkyl halides is 3. The number of carbonyl (C=O) groups excluding carboxylic acids is 1. The summed E-state index contributed by atoms with van der Waals surface area (Å²) in [6, 6.07) is 2.05. The molecule has 0 spiro atoms. The summed E-state index contributed by atoms with van der Waals surface area (Å²) in [5, 5.41) is 2.32. The van der Waals surface area contributed by atoms with Crippen LogP contribution in [0.4, 0.5) is 27.6 Å². The van der Waals surface area contributed by atoms with E-state index in [4.69, 9.17) is 0 Å². The molecule has 0 aromatic heterocycles. The Morgan fingerprint density at radius 1 is 1.30 bits per heavy atom. The molecule has 20 heavy (non-hydrogen) atoms. The van der Waals surface area contributed by atoms with E-state index in [9.17, 15) is 26.7 Å². The molecule has 0 heterocycles. The molecule has 1 N–H and O–H groups in total. The highest BCUT2D eigenvalue weighted by Gasteiger charge is 2.27. The van der Waals surface area contributed by atoms with Gasteiger partial charge in [-0.15, -0.1) is 0 Å². The van der Waals surface area contributed by atoms with Crippen LogP contribution in [0.25, 0.3) is 0 Å². The van der Waals surface area contributed by atoms with E-state index in [2.05, 4.69) is 10.1 Å². The minimum atomic E-state index is -4.37. The minimum absolute atomic E-state index is 0.210. The van der Waals surface area contributed by atoms with Crippen molar-refractivity contribution in [2.75, 3.05) is 24.7 Å². The third kappa shape index (κ3) is 4.55. The van der Waals surface area contributed by atoms with Crippen LogP contribution in [0, 0.1) is 11.6 Å². The van der Waals surface area contributed by atoms with Crippen molar-refractivity contribution >= 4 is 23.4 Å². The van der Waals surface area contributed by atoms with Gasteiger partial charge in [0.25, 0.3) is 0 Å². The molecule has 0 aliphatic rings. The predicted molar refractivity (Wildman–Crippen MR) is 64.7 cm³/mol. The van der Waals surface area contributed by atoms with Crippen molar-refractivity contribution in [1.29, 1.82) is 0 Å². The molecule has 0 aliphatic heterocycles. The van der Waals surface area contributed by atoms with Crippen molar-refractivity contribution in [3.63, 3.8) is 0 Å². The van der Waals surface area contributed by atoms with Crippen molar-refractivity contribution in [1.82, 2.24) is 0 Å². The zero-order valence-electron chi connectivity index (χ0n) is 10.2. The van der Waals surface area contributed by atoms with Gasteiger partial charge in [-0.3, -0.25) is 0 Å². The second-order valence-corrected chi connectivity index (χ2v) is 4.66. The number of hydrogen-bond donors (Lipinski definition) is 1. The molecule has 0 saturated carbocycles. The molecule has 3 nitrogen and oxygen atoms in total. The largest absolute Gasteiger partial charge is 0.465 e. The first kappa shape index (κ1) is 16.5. The topological polar surface area (TPSA) is 38.3 Å². The van der Waals surface area contributed by atoms with E-state index in [-0.39, 0.29) is 29.7 Å². The maximum absolute atomic E-state index is 13.5. The lowest BCUT2D eigenvalue weighted by molar-refractivity contribution is -0.0327. The average Bonchev–Trinajstić information content (AvgIpc) is 2.37. The highest BCUT2D eigenvalue weighted by atomic mass is 32.2. The van der Waals surface area contributed by atoms with Crippen molar-refractivity contribution in [3.8, 4) is 0 Å². The third-order valence-electron chi connectivity index (χ3n) is 2.17. The zero-order chi connectivity index (χ0) is 15.3. The van der Waals surface area contributed by atoms with Gasteiger partial charge in [0, 0.05) is 12.3 Å². The maximum Gasteiger partial charge on any atom is 0.441 e. The second-order valence-electron chi connectivity index (χ2n) is 3.50. The average molecular weight is 315 g/mol. The molecule has 9 heteroatoms. The Balaban J connectivity index is 2.69. The van der Waals surface area contributed by atoms with Gasteiger partial charge >= 0.3 is 11.5 Å². The van der Waals surface area contributed by atoms with Crippen molar-refractivity contribution in [2.45, 2.75) is 5.51 Å². The fourth-order valence-corrected chi connectivity index (χ4v) is 1.74. The van der Waals surface area contributed by atoms with E-state index in [1.165, 1.54) is 0 Å². The molecular weight excluding hydrogens is 305 g/mol. The molecule has 0 amide bonds. The number of ether oxygens (including phenoxy) is 1. The van der Waals surface area contributed by atoms with Crippen LogP contribution in [-0.4, -0.2) is 30.9 Å². The van der Waals surface area contributed by atoms with Crippen LogP contribution in [0.15, 0.2) is 12.1 Å². The van der Waals surface area contributed by atoms with Crippen LogP contribution in [0.5, 0.6) is 0 Å². The normalized spacial score (nSPS) is 11.3. The van der Waals surface area contributed by atoms with Crippen molar-refractivity contribution in [3.05, 3.63) is 29.3 Å². The Morgan fingerprint density at radius 3 is 2.50 bits per heavy atom. The van der Waals surface area contributed by atoms with Crippen molar-refractivity contribution < 1.29 is 31.5 Å². The van der Waals surface area contributed by atoms with Gasteiger partial charge in [0.05, 0.1) is 18.4 Å². The molecule has 112 valence electrons. The van der Waals surface area contributed by atoms with E-state index in [0.29, 0.717) is 0 Å². The summed E-state index contributed by atoms with van der Waals surface area (Å²) >= 11 is -0.278. The second kappa shape index (κ2) is 6.78. The van der Waals surface area contributed by atoms with Gasteiger partial charge in [-0.25, -0.2) is 13.6 Å². The molecule has 0 radical (unpaired) electrons. The molecule has 0 aliphatic carbocycles. The molecule has 1 aromatic carbocycles. The third-order valence-corrected chi connectivity index (χ3v) is 2.91. The zero-order valence-corrected chi connectivity index (χ0v) is 11.0. The van der Waals surface area contributed by atoms with Crippen LogP contribution in [0.3, 0.4) is 0 Å². The summed E-state index contributed by atoms with van der Waals surface area (Å²) in [6.07, 6.45) is 0. The SMILES string of the molecule is COC(=O)c1ccc(NCCSC(F)(F)F)c(F)c1F. The summed E-state index contributed by atoms with van der Waals surface area (Å²) in [6.45, 7) is -0.210. The Morgan fingerprint density at radius 2 is 1.95 bits per heavy atom. The summed E-state index contributed by atoms with van der Waals surface area (Å²) in [7, 11) is 1.01. The van der Waals surface area contributed by atoms with E-state index < -0.39 is 28.7 Å². The summed E-state index contributed by atoms with van der Waals surface area (Å²) in [5.74, 6) is -4.15. The van der Waals surface area contributed by atoms with E-state index in [0.717, 1.165) is 19.2 Å². The van der Waals surface area contributed by atoms with Crippen LogP contribution < -0.4 is 5.32 Å². The lowest BCUT2D eigenvalue weighted by atomic mass is 10.2. The Labute approximate surface area is 115 Å². The first-order valence-electron chi connectivity index (χ1n) is 5.27. The molecule has 0 saturated heterocycles. The number of methoxy groups -OCH3 is 1. The number of thioether (sulfide) groups is 1. The minimum Gasteiger partial charge on any atom is -0.465 e. The highest BCUT2D eigenvalue weighted by Crippen LogP contribution is 2.30. The standard InChI is InChI=1S/C11H10F5NO2S/c1-19-10(18)6-2-3-7(9(13)8(6)12)17-4-5-20-11(14,15)16/h2-3,17H,4-5H2,1H3. The van der Waals surface area contributed by atoms with Gasteiger partial charge in [-0.1, -0.05) is 0 Å². The van der Waals surface area contributed by atoms with Gasteiger partial charge in [-0.05, 0) is 23.9 Å². The molecule has 0 fully saturated rings. The molecular formula is C11H10F5NO2S. The number of carbonyl (C=O) groups is 1. The van der Waals surface area contributed by atoms with Crippen LogP contribution >= 0.6 is 11.8 Å². The Hall–Kier alpha value is -1.51. The van der Waals surface area contributed by atoms with Crippen LogP contribution in [0.2, 0.25) is 0 Å². The number of rotatable bonds is 5. The first-order chi connectivity index (χ1) is 9.26. The van der Waals surface area contributed by atoms with Gasteiger partial charge in [-0.2, -0.15) is 13.2 Å². The van der Waals surface area contributed by atoms with Crippen LogP contribution in [-0.2, 0) is 4.74 Å². The van der Waals surface area contributed by atoms with Crippen LogP contribution in [0.1, 0.15) is 10.4 Å². The quantitative estimate of drug-likeness (QED) is 0.513. The summed E-state index contributed by atoms with van der Waals surface area (Å²) in [4.78, 5) is 11.1. The Kier molecular flexibility index (Phi) is 5.61. The lowest BCUT2D eigenvalue weighted by Gasteiger charge is -2.10. The van der Waals surface area contributed by atoms with E-state index in [1.54, 1.807) is 0 Å². The van der Waals surface area contributed by atoms with E-state index >= 15 is 0 Å². The lowest BCUT2D eigenvalue weighted by Crippen LogP contribution is -2.12. The molecule has 0 bridgehead atoms. The molecule has 0 unspecified atom stereocenters. The highest BCUT2D eigenvalue weighted by molar-refractivity contribution is 8.00. The van der Waals surface area contributed by atoms with Gasteiger partial charge in [0.2, 0.25) is 0 Å². The van der Waals surface area contributed by atoms with E-state index in [1.807, 2.05) is 0 Å². The molecule has 1 rings (SSSR count). The van der Waals surface area contributed by atoms with Gasteiger partial charge < -0.3 is 10.1 Å².